The quantitative estimate of drug-likeness (QED) is 0.837. The Kier molecular flexibility index (Phi) is 5.13. The van der Waals surface area contributed by atoms with Gasteiger partial charge in [0.25, 0.3) is 0 Å². The van der Waals surface area contributed by atoms with Gasteiger partial charge in [-0.05, 0) is 29.9 Å². The van der Waals surface area contributed by atoms with Crippen molar-refractivity contribution in [3.05, 3.63) is 35.6 Å². The summed E-state index contributed by atoms with van der Waals surface area (Å²) in [5.41, 5.74) is 0.643. The van der Waals surface area contributed by atoms with E-state index in [9.17, 15) is 9.18 Å². The zero-order valence-corrected chi connectivity index (χ0v) is 10.7. The summed E-state index contributed by atoms with van der Waals surface area (Å²) in [4.78, 5) is 11.5. The Hall–Kier alpha value is -1.38. The third-order valence-corrected chi connectivity index (χ3v) is 2.81. The van der Waals surface area contributed by atoms with Crippen LogP contribution in [0, 0.1) is 11.7 Å². The number of nitrogens with one attached hydrogen (secondary N) is 1. The molecule has 0 heterocycles. The molecule has 0 saturated carbocycles. The van der Waals surface area contributed by atoms with Gasteiger partial charge in [-0.25, -0.2) is 4.39 Å². The lowest BCUT2D eigenvalue weighted by Crippen LogP contribution is -2.21. The molecule has 0 spiro atoms. The minimum atomic E-state index is -0.220. The summed E-state index contributed by atoms with van der Waals surface area (Å²) in [7, 11) is 1.61. The SMILES string of the molecule is CNC(=O)CC(CC(C)C)c1ccccc1F. The van der Waals surface area contributed by atoms with Crippen LogP contribution >= 0.6 is 0 Å². The molecule has 0 fully saturated rings. The monoisotopic (exact) mass is 237 g/mol. The van der Waals surface area contributed by atoms with Gasteiger partial charge in [0.15, 0.2) is 0 Å². The lowest BCUT2D eigenvalue weighted by atomic mass is 9.87. The maximum absolute atomic E-state index is 13.7. The zero-order valence-electron chi connectivity index (χ0n) is 10.7. The Labute approximate surface area is 102 Å². The fourth-order valence-corrected chi connectivity index (χ4v) is 2.02. The van der Waals surface area contributed by atoms with Gasteiger partial charge in [-0.2, -0.15) is 0 Å². The number of benzene rings is 1. The van der Waals surface area contributed by atoms with Crippen LogP contribution in [0.5, 0.6) is 0 Å². The summed E-state index contributed by atoms with van der Waals surface area (Å²) in [6.07, 6.45) is 1.16. The summed E-state index contributed by atoms with van der Waals surface area (Å²) in [6.45, 7) is 4.16. The first-order chi connectivity index (χ1) is 8.04. The number of carbonyl (C=O) groups excluding carboxylic acids is 1. The van der Waals surface area contributed by atoms with Crippen LogP contribution in [0.4, 0.5) is 4.39 Å². The largest absolute Gasteiger partial charge is 0.359 e. The van der Waals surface area contributed by atoms with Crippen molar-refractivity contribution in [1.82, 2.24) is 5.32 Å². The third-order valence-electron chi connectivity index (χ3n) is 2.81. The molecule has 0 aliphatic carbocycles. The minimum Gasteiger partial charge on any atom is -0.359 e. The molecule has 0 bridgehead atoms. The summed E-state index contributed by atoms with van der Waals surface area (Å²) < 4.78 is 13.7. The molecule has 1 N–H and O–H groups in total. The summed E-state index contributed by atoms with van der Waals surface area (Å²) in [5, 5.41) is 2.60. The van der Waals surface area contributed by atoms with Gasteiger partial charge in [0.2, 0.25) is 5.91 Å². The molecule has 2 nitrogen and oxygen atoms in total. The second-order valence-electron chi connectivity index (χ2n) is 4.73. The predicted octanol–water partition coefficient (Wildman–Crippen LogP) is 3.09. The van der Waals surface area contributed by atoms with Gasteiger partial charge in [-0.1, -0.05) is 32.0 Å². The molecule has 0 aliphatic rings. The van der Waals surface area contributed by atoms with Crippen LogP contribution in [0.1, 0.15) is 38.2 Å². The van der Waals surface area contributed by atoms with Gasteiger partial charge in [-0.15, -0.1) is 0 Å². The van der Waals surface area contributed by atoms with Crippen LogP contribution in [-0.2, 0) is 4.79 Å². The molecule has 1 unspecified atom stereocenters. The topological polar surface area (TPSA) is 29.1 Å². The number of hydrogen-bond donors (Lipinski definition) is 1. The van der Waals surface area contributed by atoms with E-state index in [-0.39, 0.29) is 17.6 Å². The first kappa shape index (κ1) is 13.7. The Bertz CT molecular complexity index is 376. The summed E-state index contributed by atoms with van der Waals surface area (Å²) >= 11 is 0. The van der Waals surface area contributed by atoms with E-state index < -0.39 is 0 Å². The molecule has 0 saturated heterocycles. The van der Waals surface area contributed by atoms with E-state index in [1.807, 2.05) is 6.07 Å². The predicted molar refractivity (Wildman–Crippen MR) is 67.3 cm³/mol. The highest BCUT2D eigenvalue weighted by molar-refractivity contribution is 5.76. The second-order valence-corrected chi connectivity index (χ2v) is 4.73. The number of hydrogen-bond acceptors (Lipinski definition) is 1. The fraction of sp³-hybridized carbons (Fsp3) is 0.500. The molecule has 0 radical (unpaired) electrons. The van der Waals surface area contributed by atoms with Crippen molar-refractivity contribution in [2.75, 3.05) is 7.05 Å². The van der Waals surface area contributed by atoms with Gasteiger partial charge >= 0.3 is 0 Å². The van der Waals surface area contributed by atoms with E-state index in [0.717, 1.165) is 6.42 Å². The first-order valence-electron chi connectivity index (χ1n) is 5.99. The molecule has 3 heteroatoms. The summed E-state index contributed by atoms with van der Waals surface area (Å²) in [6, 6.07) is 6.71. The lowest BCUT2D eigenvalue weighted by molar-refractivity contribution is -0.121. The Morgan fingerprint density at radius 2 is 2.00 bits per heavy atom. The van der Waals surface area contributed by atoms with Crippen LogP contribution in [0.15, 0.2) is 24.3 Å². The molecule has 1 aromatic rings. The highest BCUT2D eigenvalue weighted by atomic mass is 19.1. The molecule has 1 atom stereocenters. The smallest absolute Gasteiger partial charge is 0.220 e. The molecule has 1 amide bonds. The van der Waals surface area contributed by atoms with Crippen molar-refractivity contribution in [3.8, 4) is 0 Å². The minimum absolute atomic E-state index is 0.0427. The summed E-state index contributed by atoms with van der Waals surface area (Å²) in [5.74, 6) is 0.126. The van der Waals surface area contributed by atoms with Crippen LogP contribution < -0.4 is 5.32 Å². The number of carbonyl (C=O) groups is 1. The lowest BCUT2D eigenvalue weighted by Gasteiger charge is -2.19. The first-order valence-corrected chi connectivity index (χ1v) is 5.99. The van der Waals surface area contributed by atoms with Gasteiger partial charge in [0.05, 0.1) is 0 Å². The van der Waals surface area contributed by atoms with Crippen LogP contribution in [0.3, 0.4) is 0 Å². The molecule has 1 aromatic carbocycles. The Morgan fingerprint density at radius 3 is 2.53 bits per heavy atom. The number of amides is 1. The highest BCUT2D eigenvalue weighted by Crippen LogP contribution is 2.28. The zero-order chi connectivity index (χ0) is 12.8. The molecule has 0 aromatic heterocycles. The van der Waals surface area contributed by atoms with E-state index in [2.05, 4.69) is 19.2 Å². The van der Waals surface area contributed by atoms with E-state index in [0.29, 0.717) is 17.9 Å². The number of rotatable bonds is 5. The Morgan fingerprint density at radius 1 is 1.35 bits per heavy atom. The average molecular weight is 237 g/mol. The van der Waals surface area contributed by atoms with Gasteiger partial charge in [-0.3, -0.25) is 4.79 Å². The third kappa shape index (κ3) is 4.17. The van der Waals surface area contributed by atoms with Gasteiger partial charge in [0, 0.05) is 13.5 Å². The second kappa shape index (κ2) is 6.38. The standard InChI is InChI=1S/C14H20FNO/c1-10(2)8-11(9-14(17)16-3)12-6-4-5-7-13(12)15/h4-7,10-11H,8-9H2,1-3H3,(H,16,17). The molecule has 1 rings (SSSR count). The van der Waals surface area contributed by atoms with Gasteiger partial charge in [0.1, 0.15) is 5.82 Å². The molecular weight excluding hydrogens is 217 g/mol. The molecule has 94 valence electrons. The van der Waals surface area contributed by atoms with Gasteiger partial charge < -0.3 is 5.32 Å². The van der Waals surface area contributed by atoms with E-state index in [4.69, 9.17) is 0 Å². The van der Waals surface area contributed by atoms with E-state index in [1.54, 1.807) is 19.2 Å². The van der Waals surface area contributed by atoms with E-state index in [1.165, 1.54) is 6.07 Å². The van der Waals surface area contributed by atoms with E-state index >= 15 is 0 Å². The molecule has 17 heavy (non-hydrogen) atoms. The van der Waals surface area contributed by atoms with Crippen molar-refractivity contribution in [1.29, 1.82) is 0 Å². The Balaban J connectivity index is 2.89. The average Bonchev–Trinajstić information content (AvgIpc) is 2.28. The van der Waals surface area contributed by atoms with Crippen molar-refractivity contribution in [2.45, 2.75) is 32.6 Å². The van der Waals surface area contributed by atoms with Crippen LogP contribution in [0.25, 0.3) is 0 Å². The van der Waals surface area contributed by atoms with Crippen molar-refractivity contribution >= 4 is 5.91 Å². The molecular formula is C14H20FNO. The molecule has 0 aliphatic heterocycles. The van der Waals surface area contributed by atoms with Crippen molar-refractivity contribution < 1.29 is 9.18 Å². The van der Waals surface area contributed by atoms with Crippen LogP contribution in [0.2, 0.25) is 0 Å². The normalized spacial score (nSPS) is 12.5. The fourth-order valence-electron chi connectivity index (χ4n) is 2.02. The highest BCUT2D eigenvalue weighted by Gasteiger charge is 2.19. The maximum atomic E-state index is 13.7. The maximum Gasteiger partial charge on any atom is 0.220 e. The number of halogens is 1. The van der Waals surface area contributed by atoms with Crippen molar-refractivity contribution in [3.63, 3.8) is 0 Å². The van der Waals surface area contributed by atoms with Crippen LogP contribution in [-0.4, -0.2) is 13.0 Å². The van der Waals surface area contributed by atoms with Crippen molar-refractivity contribution in [2.24, 2.45) is 5.92 Å².